The Kier molecular flexibility index (Phi) is 4.74. The molecule has 1 amide bonds. The number of rotatable bonds is 2. The molecule has 9 heteroatoms. The predicted octanol–water partition coefficient (Wildman–Crippen LogP) is 4.12. The zero-order valence-electron chi connectivity index (χ0n) is 17.3. The predicted molar refractivity (Wildman–Crippen MR) is 116 cm³/mol. The molecular weight excluding hydrogens is 429 g/mol. The van der Waals surface area contributed by atoms with E-state index in [1.54, 1.807) is 6.07 Å². The van der Waals surface area contributed by atoms with E-state index >= 15 is 4.39 Å². The average molecular weight is 454 g/mol. The number of hydrogen-bond acceptors (Lipinski definition) is 5. The van der Waals surface area contributed by atoms with Crippen LogP contribution in [-0.2, 0) is 20.0 Å². The number of fused-ring (bicyclic) bond motifs is 2. The lowest BCUT2D eigenvalue weighted by atomic mass is 9.63. The Bertz CT molecular complexity index is 1110. The first-order chi connectivity index (χ1) is 13.9. The normalized spacial score (nSPS) is 27.6. The van der Waals surface area contributed by atoms with Crippen molar-refractivity contribution in [3.05, 3.63) is 45.5 Å². The third-order valence-corrected chi connectivity index (χ3v) is 9.17. The van der Waals surface area contributed by atoms with Crippen LogP contribution in [0.15, 0.2) is 39.9 Å². The van der Waals surface area contributed by atoms with Crippen LogP contribution >= 0.6 is 11.6 Å². The molecule has 1 aromatic carbocycles. The summed E-state index contributed by atoms with van der Waals surface area (Å²) in [6, 6.07) is 5.44. The fourth-order valence-electron chi connectivity index (χ4n) is 4.72. The van der Waals surface area contributed by atoms with E-state index in [2.05, 4.69) is 16.2 Å². The van der Waals surface area contributed by atoms with E-state index in [0.717, 1.165) is 5.56 Å². The molecule has 0 fully saturated rings. The molecule has 5 rings (SSSR count). The Morgan fingerprint density at radius 1 is 1.23 bits per heavy atom. The largest absolute Gasteiger partial charge is 0.326 e. The maximum absolute atomic E-state index is 17.1. The van der Waals surface area contributed by atoms with Crippen LogP contribution in [0.5, 0.6) is 0 Å². The van der Waals surface area contributed by atoms with Gasteiger partial charge in [-0.05, 0) is 37.0 Å². The highest BCUT2D eigenvalue weighted by molar-refractivity contribution is 7.96. The minimum absolute atomic E-state index is 0.0104. The third-order valence-electron chi connectivity index (χ3n) is 6.48. The molecule has 162 valence electrons. The van der Waals surface area contributed by atoms with Gasteiger partial charge >= 0.3 is 0 Å². The number of carbonyl (C=O) groups excluding carboxylic acids is 1. The van der Waals surface area contributed by atoms with Gasteiger partial charge in [0.2, 0.25) is 5.91 Å². The molecule has 1 aliphatic carbocycles. The summed E-state index contributed by atoms with van der Waals surface area (Å²) >= 11 is 6.34. The van der Waals surface area contributed by atoms with Crippen LogP contribution in [-0.4, -0.2) is 25.2 Å². The second-order valence-corrected chi connectivity index (χ2v) is 11.8. The van der Waals surface area contributed by atoms with Gasteiger partial charge in [-0.1, -0.05) is 37.6 Å². The summed E-state index contributed by atoms with van der Waals surface area (Å²) in [5.74, 6) is -1.14. The maximum atomic E-state index is 17.1. The second kappa shape index (κ2) is 6.72. The van der Waals surface area contributed by atoms with Crippen LogP contribution in [0.3, 0.4) is 0 Å². The van der Waals surface area contributed by atoms with Gasteiger partial charge in [0, 0.05) is 24.4 Å². The summed E-state index contributed by atoms with van der Waals surface area (Å²) in [6.07, 6.45) is 1.17. The highest BCUT2D eigenvalue weighted by Crippen LogP contribution is 2.54. The summed E-state index contributed by atoms with van der Waals surface area (Å²) in [6.45, 7) is 6.84. The first-order valence-electron chi connectivity index (χ1n) is 9.89. The lowest BCUT2D eigenvalue weighted by Gasteiger charge is -2.46. The molecular formula is C21H25ClFN3O3S. The van der Waals surface area contributed by atoms with Gasteiger partial charge in [-0.2, -0.15) is 0 Å². The molecule has 6 nitrogen and oxygen atoms in total. The maximum Gasteiger partial charge on any atom is 0.224 e. The van der Waals surface area contributed by atoms with Crippen molar-refractivity contribution in [1.82, 2.24) is 5.43 Å². The Labute approximate surface area is 180 Å². The average Bonchev–Trinajstić information content (AvgIpc) is 2.75. The molecule has 3 heterocycles. The van der Waals surface area contributed by atoms with Crippen LogP contribution in [0.1, 0.15) is 46.1 Å². The number of carbonyl (C=O) groups is 1. The molecule has 0 spiro atoms. The van der Waals surface area contributed by atoms with Crippen molar-refractivity contribution in [3.8, 4) is 0 Å². The summed E-state index contributed by atoms with van der Waals surface area (Å²) < 4.78 is 43.4. The zero-order chi connectivity index (χ0) is 22.1. The van der Waals surface area contributed by atoms with Crippen molar-refractivity contribution in [2.75, 3.05) is 10.7 Å². The fraction of sp³-hybridized carbons (Fsp3) is 0.476. The van der Waals surface area contributed by atoms with Gasteiger partial charge in [0.25, 0.3) is 0 Å². The molecule has 2 unspecified atom stereocenters. The van der Waals surface area contributed by atoms with Gasteiger partial charge in [-0.15, -0.1) is 0 Å². The number of halogens is 2. The molecule has 0 aromatic heterocycles. The molecule has 30 heavy (non-hydrogen) atoms. The Hall–Kier alpha value is -2.06. The molecule has 0 saturated carbocycles. The summed E-state index contributed by atoms with van der Waals surface area (Å²) in [5.41, 5.74) is 4.66. The van der Waals surface area contributed by atoms with Gasteiger partial charge in [0.1, 0.15) is 4.91 Å². The SMILES string of the molecule is CC(C)S(=O)(=O)C1=C2NNc3ccc4c(c3)NC(=O)CC(C2(F)CC=C1Cl)C4(C)C. The van der Waals surface area contributed by atoms with Crippen molar-refractivity contribution in [3.63, 3.8) is 0 Å². The number of alkyl halides is 1. The van der Waals surface area contributed by atoms with Crippen LogP contribution in [0.25, 0.3) is 0 Å². The Morgan fingerprint density at radius 2 is 1.93 bits per heavy atom. The number of nitrogens with one attached hydrogen (secondary N) is 3. The molecule has 3 N–H and O–H groups in total. The number of sulfone groups is 1. The molecule has 1 aromatic rings. The molecule has 3 aliphatic heterocycles. The topological polar surface area (TPSA) is 87.3 Å². The van der Waals surface area contributed by atoms with Crippen molar-refractivity contribution in [1.29, 1.82) is 0 Å². The monoisotopic (exact) mass is 453 g/mol. The number of amides is 1. The Morgan fingerprint density at radius 3 is 2.60 bits per heavy atom. The number of hydrogen-bond donors (Lipinski definition) is 3. The van der Waals surface area contributed by atoms with Gasteiger partial charge in [0.15, 0.2) is 15.5 Å². The summed E-state index contributed by atoms with van der Waals surface area (Å²) in [5, 5.41) is 2.07. The first kappa shape index (κ1) is 21.2. The standard InChI is InChI=1S/C21H25ClFN3O3S/c1-11(2)30(28,29)18-14(22)7-8-21(23)16-10-17(27)24-15-9-12(25-26-19(18)21)5-6-13(15)20(16,3)4/h5-7,9,11,16,25-26H,8,10H2,1-4H3,(H,24,27). The van der Waals surface area contributed by atoms with Crippen molar-refractivity contribution in [2.24, 2.45) is 5.92 Å². The van der Waals surface area contributed by atoms with E-state index in [4.69, 9.17) is 11.6 Å². The first-order valence-corrected chi connectivity index (χ1v) is 11.8. The highest BCUT2D eigenvalue weighted by atomic mass is 35.5. The van der Waals surface area contributed by atoms with Crippen molar-refractivity contribution >= 4 is 38.7 Å². The molecule has 2 atom stereocenters. The Balaban J connectivity index is 2.07. The number of benzene rings is 1. The van der Waals surface area contributed by atoms with E-state index in [-0.39, 0.29) is 34.4 Å². The number of anilines is 2. The molecule has 4 bridgehead atoms. The lowest BCUT2D eigenvalue weighted by molar-refractivity contribution is -0.118. The quantitative estimate of drug-likeness (QED) is 0.627. The van der Waals surface area contributed by atoms with E-state index in [1.165, 1.54) is 19.9 Å². The molecule has 0 radical (unpaired) electrons. The van der Waals surface area contributed by atoms with Crippen molar-refractivity contribution < 1.29 is 17.6 Å². The van der Waals surface area contributed by atoms with Crippen LogP contribution in [0.2, 0.25) is 0 Å². The fourth-order valence-corrected chi connectivity index (χ4v) is 6.54. The van der Waals surface area contributed by atoms with Gasteiger partial charge in [-0.25, -0.2) is 12.8 Å². The highest BCUT2D eigenvalue weighted by Gasteiger charge is 2.56. The van der Waals surface area contributed by atoms with Crippen LogP contribution < -0.4 is 16.2 Å². The summed E-state index contributed by atoms with van der Waals surface area (Å²) in [4.78, 5) is 12.5. The van der Waals surface area contributed by atoms with E-state index < -0.39 is 32.1 Å². The third kappa shape index (κ3) is 2.95. The minimum atomic E-state index is -3.91. The van der Waals surface area contributed by atoms with Crippen molar-refractivity contribution in [2.45, 2.75) is 56.9 Å². The molecule has 0 saturated heterocycles. The van der Waals surface area contributed by atoms with Gasteiger partial charge < -0.3 is 16.2 Å². The van der Waals surface area contributed by atoms with E-state index in [0.29, 0.717) is 11.4 Å². The van der Waals surface area contributed by atoms with Gasteiger partial charge in [-0.3, -0.25) is 4.79 Å². The lowest BCUT2D eigenvalue weighted by Crippen LogP contribution is -2.52. The smallest absolute Gasteiger partial charge is 0.224 e. The second-order valence-electron chi connectivity index (χ2n) is 8.95. The summed E-state index contributed by atoms with van der Waals surface area (Å²) in [7, 11) is -3.91. The van der Waals surface area contributed by atoms with Gasteiger partial charge in [0.05, 0.1) is 21.7 Å². The minimum Gasteiger partial charge on any atom is -0.326 e. The number of allylic oxidation sites excluding steroid dienone is 3. The van der Waals surface area contributed by atoms with Crippen LogP contribution in [0.4, 0.5) is 15.8 Å². The van der Waals surface area contributed by atoms with E-state index in [9.17, 15) is 13.2 Å². The molecule has 4 aliphatic rings. The van der Waals surface area contributed by atoms with Crippen LogP contribution in [0, 0.1) is 5.92 Å². The number of hydrazine groups is 1. The zero-order valence-corrected chi connectivity index (χ0v) is 18.8. The van der Waals surface area contributed by atoms with E-state index in [1.807, 2.05) is 26.0 Å².